The average molecular weight is 186 g/mol. The predicted octanol–water partition coefficient (Wildman–Crippen LogP) is 1.24. The maximum absolute atomic E-state index is 10.5. The molecule has 5 nitrogen and oxygen atoms in total. The highest BCUT2D eigenvalue weighted by atomic mass is 16.4. The van der Waals surface area contributed by atoms with Crippen LogP contribution in [0.15, 0.2) is 5.29 Å². The summed E-state index contributed by atoms with van der Waals surface area (Å²) in [5.74, 6) is -0.798. The monoisotopic (exact) mass is 186 g/mol. The number of carboxylic acid groups (broad SMARTS) is 1. The minimum Gasteiger partial charge on any atom is -0.481 e. The number of rotatable bonds is 3. The van der Waals surface area contributed by atoms with Crippen molar-refractivity contribution >= 4 is 5.97 Å². The first kappa shape index (κ1) is 9.95. The fraction of sp³-hybridized carbons (Fsp3) is 0.875. The Hall–Kier alpha value is -1.13. The van der Waals surface area contributed by atoms with E-state index < -0.39 is 11.5 Å². The van der Waals surface area contributed by atoms with Crippen LogP contribution in [0.25, 0.3) is 0 Å². The maximum atomic E-state index is 10.5. The van der Waals surface area contributed by atoms with Crippen LogP contribution in [0.5, 0.6) is 0 Å². The Bertz CT molecular complexity index is 227. The van der Waals surface area contributed by atoms with Crippen molar-refractivity contribution in [3.05, 3.63) is 4.91 Å². The van der Waals surface area contributed by atoms with Gasteiger partial charge in [-0.3, -0.25) is 9.80 Å². The van der Waals surface area contributed by atoms with Crippen LogP contribution in [0.3, 0.4) is 0 Å². The molecule has 1 aliphatic rings. The SMILES string of the molecule is CC1(C)C(CC(=O)O)CCN1N=O. The second kappa shape index (κ2) is 3.32. The topological polar surface area (TPSA) is 70.0 Å². The van der Waals surface area contributed by atoms with Crippen LogP contribution >= 0.6 is 0 Å². The average Bonchev–Trinajstić information content (AvgIpc) is 2.26. The molecule has 0 amide bonds. The molecule has 1 heterocycles. The van der Waals surface area contributed by atoms with Crippen molar-refractivity contribution in [2.24, 2.45) is 11.2 Å². The lowest BCUT2D eigenvalue weighted by Crippen LogP contribution is -2.39. The van der Waals surface area contributed by atoms with Crippen molar-refractivity contribution in [3.63, 3.8) is 0 Å². The summed E-state index contributed by atoms with van der Waals surface area (Å²) in [5, 5.41) is 13.0. The smallest absolute Gasteiger partial charge is 0.303 e. The van der Waals surface area contributed by atoms with E-state index in [9.17, 15) is 9.70 Å². The Kier molecular flexibility index (Phi) is 2.54. The highest BCUT2D eigenvalue weighted by Gasteiger charge is 2.42. The van der Waals surface area contributed by atoms with Gasteiger partial charge in [0, 0.05) is 6.54 Å². The number of hydrogen-bond donors (Lipinski definition) is 1. The number of hydrogen-bond acceptors (Lipinski definition) is 3. The van der Waals surface area contributed by atoms with E-state index in [1.807, 2.05) is 13.8 Å². The molecule has 5 heteroatoms. The van der Waals surface area contributed by atoms with Gasteiger partial charge in [0.1, 0.15) is 0 Å². The molecule has 1 N–H and O–H groups in total. The van der Waals surface area contributed by atoms with Crippen LogP contribution in [0.1, 0.15) is 26.7 Å². The first-order valence-electron chi connectivity index (χ1n) is 4.31. The van der Waals surface area contributed by atoms with Gasteiger partial charge < -0.3 is 5.11 Å². The largest absolute Gasteiger partial charge is 0.481 e. The Morgan fingerprint density at radius 1 is 1.69 bits per heavy atom. The van der Waals surface area contributed by atoms with Gasteiger partial charge in [0.05, 0.1) is 17.2 Å². The van der Waals surface area contributed by atoms with Gasteiger partial charge >= 0.3 is 5.97 Å². The van der Waals surface area contributed by atoms with Gasteiger partial charge in [-0.15, -0.1) is 4.91 Å². The summed E-state index contributed by atoms with van der Waals surface area (Å²) in [5.41, 5.74) is -0.417. The molecule has 1 unspecified atom stereocenters. The fourth-order valence-electron chi connectivity index (χ4n) is 1.84. The van der Waals surface area contributed by atoms with Crippen molar-refractivity contribution in [1.82, 2.24) is 5.01 Å². The van der Waals surface area contributed by atoms with Gasteiger partial charge in [0.25, 0.3) is 0 Å². The summed E-state index contributed by atoms with van der Waals surface area (Å²) < 4.78 is 0. The molecule has 0 aliphatic carbocycles. The lowest BCUT2D eigenvalue weighted by atomic mass is 9.86. The number of nitrogens with zero attached hydrogens (tertiary/aromatic N) is 2. The van der Waals surface area contributed by atoms with Crippen LogP contribution in [0, 0.1) is 10.8 Å². The highest BCUT2D eigenvalue weighted by molar-refractivity contribution is 5.67. The van der Waals surface area contributed by atoms with Crippen molar-refractivity contribution in [2.75, 3.05) is 6.54 Å². The maximum Gasteiger partial charge on any atom is 0.303 e. The molecule has 0 aromatic rings. The molecule has 0 bridgehead atoms. The summed E-state index contributed by atoms with van der Waals surface area (Å²) in [7, 11) is 0. The third-order valence-electron chi connectivity index (χ3n) is 2.87. The third-order valence-corrected chi connectivity index (χ3v) is 2.87. The predicted molar refractivity (Wildman–Crippen MR) is 46.9 cm³/mol. The highest BCUT2D eigenvalue weighted by Crippen LogP contribution is 2.36. The molecule has 0 spiro atoms. The second-order valence-corrected chi connectivity index (χ2v) is 3.94. The van der Waals surface area contributed by atoms with Gasteiger partial charge in [-0.05, 0) is 26.2 Å². The van der Waals surface area contributed by atoms with Crippen LogP contribution in [-0.4, -0.2) is 28.2 Å². The zero-order chi connectivity index (χ0) is 10.1. The summed E-state index contributed by atoms with van der Waals surface area (Å²) in [4.78, 5) is 20.9. The van der Waals surface area contributed by atoms with E-state index >= 15 is 0 Å². The van der Waals surface area contributed by atoms with Crippen molar-refractivity contribution < 1.29 is 9.90 Å². The van der Waals surface area contributed by atoms with E-state index in [2.05, 4.69) is 5.29 Å². The molecule has 1 aliphatic heterocycles. The molecule has 1 rings (SSSR count). The van der Waals surface area contributed by atoms with Crippen LogP contribution in [-0.2, 0) is 4.79 Å². The molecule has 0 aromatic heterocycles. The first-order chi connectivity index (χ1) is 5.98. The summed E-state index contributed by atoms with van der Waals surface area (Å²) in [6, 6.07) is 0. The standard InChI is InChI=1S/C8H14N2O3/c1-8(2)6(5-7(11)12)3-4-10(8)9-13/h6H,3-5H2,1-2H3,(H,11,12). The second-order valence-electron chi connectivity index (χ2n) is 3.94. The van der Waals surface area contributed by atoms with Crippen molar-refractivity contribution in [1.29, 1.82) is 0 Å². The quantitative estimate of drug-likeness (QED) is 0.673. The van der Waals surface area contributed by atoms with Crippen LogP contribution in [0.4, 0.5) is 0 Å². The van der Waals surface area contributed by atoms with E-state index in [1.165, 1.54) is 5.01 Å². The van der Waals surface area contributed by atoms with E-state index in [1.54, 1.807) is 0 Å². The lowest BCUT2D eigenvalue weighted by molar-refractivity contribution is -0.138. The van der Waals surface area contributed by atoms with Gasteiger partial charge in [-0.2, -0.15) is 0 Å². The van der Waals surface area contributed by atoms with Gasteiger partial charge in [0.15, 0.2) is 0 Å². The number of carboxylic acids is 1. The van der Waals surface area contributed by atoms with Crippen LogP contribution in [0.2, 0.25) is 0 Å². The van der Waals surface area contributed by atoms with E-state index in [0.717, 1.165) is 6.42 Å². The molecule has 1 atom stereocenters. The van der Waals surface area contributed by atoms with Crippen molar-refractivity contribution in [3.8, 4) is 0 Å². The minimum atomic E-state index is -0.814. The fourth-order valence-corrected chi connectivity index (χ4v) is 1.84. The normalized spacial score (nSPS) is 26.0. The Morgan fingerprint density at radius 2 is 2.31 bits per heavy atom. The molecule has 74 valence electrons. The molecular formula is C8H14N2O3. The number of carbonyl (C=O) groups is 1. The van der Waals surface area contributed by atoms with E-state index in [0.29, 0.717) is 6.54 Å². The zero-order valence-electron chi connectivity index (χ0n) is 7.86. The molecule has 1 fully saturated rings. The van der Waals surface area contributed by atoms with Crippen molar-refractivity contribution in [2.45, 2.75) is 32.2 Å². The lowest BCUT2D eigenvalue weighted by Gasteiger charge is -2.30. The van der Waals surface area contributed by atoms with E-state index in [4.69, 9.17) is 5.11 Å². The Labute approximate surface area is 76.7 Å². The van der Waals surface area contributed by atoms with Crippen LogP contribution < -0.4 is 0 Å². The summed E-state index contributed by atoms with van der Waals surface area (Å²) in [6.07, 6.45) is 0.837. The third kappa shape index (κ3) is 1.79. The Balaban J connectivity index is 2.69. The number of nitroso groups, excluding NO2 is 1. The molecule has 13 heavy (non-hydrogen) atoms. The molecule has 0 aromatic carbocycles. The molecule has 0 saturated carbocycles. The summed E-state index contributed by atoms with van der Waals surface area (Å²) in [6.45, 7) is 4.28. The minimum absolute atomic E-state index is 0.0164. The zero-order valence-corrected chi connectivity index (χ0v) is 7.86. The molecular weight excluding hydrogens is 172 g/mol. The van der Waals surface area contributed by atoms with Gasteiger partial charge in [0.2, 0.25) is 0 Å². The molecule has 0 radical (unpaired) electrons. The summed E-state index contributed by atoms with van der Waals surface area (Å²) >= 11 is 0. The van der Waals surface area contributed by atoms with E-state index in [-0.39, 0.29) is 12.3 Å². The number of aliphatic carboxylic acids is 1. The molecule has 1 saturated heterocycles. The van der Waals surface area contributed by atoms with Gasteiger partial charge in [-0.25, -0.2) is 0 Å². The van der Waals surface area contributed by atoms with Gasteiger partial charge in [-0.1, -0.05) is 0 Å². The Morgan fingerprint density at radius 3 is 2.69 bits per heavy atom. The first-order valence-corrected chi connectivity index (χ1v) is 4.31.